The maximum Gasteiger partial charge on any atom is 0.906 e. The molecule has 0 rings (SSSR count). The zero-order valence-corrected chi connectivity index (χ0v) is 14.7. The Morgan fingerprint density at radius 1 is 0.529 bits per heavy atom. The second kappa shape index (κ2) is 6.75. The summed E-state index contributed by atoms with van der Waals surface area (Å²) in [7, 11) is 0. The Kier molecular flexibility index (Phi) is 7.95. The summed E-state index contributed by atoms with van der Waals surface area (Å²) in [6.07, 6.45) is 0. The highest BCUT2D eigenvalue weighted by Crippen LogP contribution is 2.20. The molecule has 0 amide bonds. The SMILES string of the molecule is CC(C)(C)[O][Al]([O]C(C)(C)C)[O]C(C)(C)C.Cl. The fourth-order valence-electron chi connectivity index (χ4n) is 0.938. The van der Waals surface area contributed by atoms with E-state index in [1.54, 1.807) is 0 Å². The number of rotatable bonds is 3. The van der Waals surface area contributed by atoms with E-state index in [4.69, 9.17) is 11.4 Å². The minimum Gasteiger partial charge on any atom is -0.450 e. The van der Waals surface area contributed by atoms with E-state index in [2.05, 4.69) is 0 Å². The Morgan fingerprint density at radius 2 is 0.706 bits per heavy atom. The molecule has 0 fully saturated rings. The van der Waals surface area contributed by atoms with E-state index in [0.717, 1.165) is 0 Å². The molecule has 0 aliphatic heterocycles. The van der Waals surface area contributed by atoms with Crippen molar-refractivity contribution in [2.75, 3.05) is 0 Å². The van der Waals surface area contributed by atoms with E-state index in [-0.39, 0.29) is 29.2 Å². The number of hydrogen-bond donors (Lipinski definition) is 0. The zero-order valence-electron chi connectivity index (χ0n) is 12.7. The first-order valence-electron chi connectivity index (χ1n) is 5.82. The van der Waals surface area contributed by atoms with Gasteiger partial charge in [-0.15, -0.1) is 12.4 Å². The molecule has 0 saturated carbocycles. The Labute approximate surface area is 118 Å². The fraction of sp³-hybridized carbons (Fsp3) is 1.00. The van der Waals surface area contributed by atoms with Crippen LogP contribution in [0.25, 0.3) is 0 Å². The van der Waals surface area contributed by atoms with Crippen LogP contribution < -0.4 is 0 Å². The molecule has 0 aromatic rings. The standard InChI is InChI=1S/3C4H9O.Al.ClH/c3*1-4(2,3)5;;/h3*1-3H3;;1H/q3*-1;+3;. The van der Waals surface area contributed by atoms with Crippen LogP contribution in [0.5, 0.6) is 0 Å². The molecule has 0 saturated heterocycles. The molecular formula is C12H28AlClO3. The second-order valence-corrected chi connectivity index (χ2v) is 8.26. The normalized spacial score (nSPS) is 13.2. The Hall–Kier alpha value is 0.702. The molecule has 0 aromatic heterocycles. The van der Waals surface area contributed by atoms with Gasteiger partial charge >= 0.3 is 15.1 Å². The predicted molar refractivity (Wildman–Crippen MR) is 75.5 cm³/mol. The minimum absolute atomic E-state index is 0. The molecule has 0 aromatic carbocycles. The monoisotopic (exact) mass is 282 g/mol. The van der Waals surface area contributed by atoms with Crippen molar-refractivity contribution in [3.63, 3.8) is 0 Å². The van der Waals surface area contributed by atoms with Gasteiger partial charge in [-0.3, -0.25) is 0 Å². The molecule has 0 bridgehead atoms. The molecule has 0 N–H and O–H groups in total. The fourth-order valence-corrected chi connectivity index (χ4v) is 2.81. The first-order chi connectivity index (χ1) is 6.79. The summed E-state index contributed by atoms with van der Waals surface area (Å²) in [5, 5.41) is 0. The van der Waals surface area contributed by atoms with Crippen LogP contribution in [0, 0.1) is 0 Å². The molecule has 0 spiro atoms. The van der Waals surface area contributed by atoms with Crippen molar-refractivity contribution in [1.82, 2.24) is 0 Å². The van der Waals surface area contributed by atoms with Crippen LogP contribution in [0.4, 0.5) is 0 Å². The summed E-state index contributed by atoms with van der Waals surface area (Å²) in [5.74, 6) is 0. The van der Waals surface area contributed by atoms with Crippen molar-refractivity contribution in [3.05, 3.63) is 0 Å². The Morgan fingerprint density at radius 3 is 0.824 bits per heavy atom. The van der Waals surface area contributed by atoms with Crippen LogP contribution >= 0.6 is 12.4 Å². The minimum atomic E-state index is -2.11. The molecule has 17 heavy (non-hydrogen) atoms. The topological polar surface area (TPSA) is 27.7 Å². The molecular weight excluding hydrogens is 255 g/mol. The highest BCUT2D eigenvalue weighted by atomic mass is 35.5. The third kappa shape index (κ3) is 14.6. The summed E-state index contributed by atoms with van der Waals surface area (Å²) < 4.78 is 17.7. The van der Waals surface area contributed by atoms with Gasteiger partial charge in [0.2, 0.25) is 0 Å². The highest BCUT2D eigenvalue weighted by Gasteiger charge is 2.42. The molecule has 104 valence electrons. The molecule has 0 aliphatic carbocycles. The van der Waals surface area contributed by atoms with Gasteiger partial charge in [-0.2, -0.15) is 0 Å². The molecule has 0 radical (unpaired) electrons. The van der Waals surface area contributed by atoms with Gasteiger partial charge in [-0.05, 0) is 62.3 Å². The van der Waals surface area contributed by atoms with Crippen molar-refractivity contribution >= 4 is 27.6 Å². The summed E-state index contributed by atoms with van der Waals surface area (Å²) in [4.78, 5) is 0. The Bertz CT molecular complexity index is 175. The lowest BCUT2D eigenvalue weighted by Gasteiger charge is -2.33. The average molecular weight is 283 g/mol. The number of hydrogen-bond acceptors (Lipinski definition) is 3. The zero-order chi connectivity index (χ0) is 13.2. The van der Waals surface area contributed by atoms with E-state index >= 15 is 0 Å². The predicted octanol–water partition coefficient (Wildman–Crippen LogP) is 3.84. The number of halogens is 1. The van der Waals surface area contributed by atoms with Gasteiger partial charge in [0.05, 0.1) is 0 Å². The van der Waals surface area contributed by atoms with Gasteiger partial charge in [0.25, 0.3) is 0 Å². The van der Waals surface area contributed by atoms with Crippen LogP contribution in [0.15, 0.2) is 0 Å². The first-order valence-corrected chi connectivity index (χ1v) is 7.23. The molecule has 0 unspecified atom stereocenters. The lowest BCUT2D eigenvalue weighted by Crippen LogP contribution is -2.44. The van der Waals surface area contributed by atoms with Crippen molar-refractivity contribution in [2.45, 2.75) is 79.1 Å². The van der Waals surface area contributed by atoms with Crippen molar-refractivity contribution < 1.29 is 11.4 Å². The van der Waals surface area contributed by atoms with Crippen LogP contribution in [0.3, 0.4) is 0 Å². The van der Waals surface area contributed by atoms with Gasteiger partial charge in [-0.25, -0.2) is 0 Å². The van der Waals surface area contributed by atoms with Crippen LogP contribution in [-0.2, 0) is 11.4 Å². The summed E-state index contributed by atoms with van der Waals surface area (Å²) in [6.45, 7) is 18.2. The summed E-state index contributed by atoms with van der Waals surface area (Å²) in [6, 6.07) is 0. The molecule has 3 nitrogen and oxygen atoms in total. The second-order valence-electron chi connectivity index (χ2n) is 6.98. The third-order valence-corrected chi connectivity index (χ3v) is 4.05. The third-order valence-electron chi connectivity index (χ3n) is 1.35. The van der Waals surface area contributed by atoms with Crippen molar-refractivity contribution in [2.24, 2.45) is 0 Å². The van der Waals surface area contributed by atoms with Crippen LogP contribution in [0.1, 0.15) is 62.3 Å². The maximum absolute atomic E-state index is 5.88. The van der Waals surface area contributed by atoms with E-state index < -0.39 is 15.1 Å². The van der Waals surface area contributed by atoms with Gasteiger partial charge in [0, 0.05) is 16.8 Å². The molecule has 0 atom stereocenters. The maximum atomic E-state index is 5.88. The van der Waals surface area contributed by atoms with Crippen LogP contribution in [-0.4, -0.2) is 32.0 Å². The largest absolute Gasteiger partial charge is 0.906 e. The van der Waals surface area contributed by atoms with Gasteiger partial charge < -0.3 is 11.4 Å². The molecule has 0 heterocycles. The summed E-state index contributed by atoms with van der Waals surface area (Å²) >= 11 is -2.11. The molecule has 0 aliphatic rings. The van der Waals surface area contributed by atoms with Gasteiger partial charge in [0.15, 0.2) is 0 Å². The van der Waals surface area contributed by atoms with Gasteiger partial charge in [-0.1, -0.05) is 0 Å². The quantitative estimate of drug-likeness (QED) is 0.736. The Balaban J connectivity index is 0. The average Bonchev–Trinajstić information content (AvgIpc) is 1.70. The van der Waals surface area contributed by atoms with Crippen molar-refractivity contribution in [3.8, 4) is 0 Å². The molecule has 5 heteroatoms. The van der Waals surface area contributed by atoms with Gasteiger partial charge in [0.1, 0.15) is 0 Å². The van der Waals surface area contributed by atoms with E-state index in [0.29, 0.717) is 0 Å². The van der Waals surface area contributed by atoms with E-state index in [1.165, 1.54) is 0 Å². The lowest BCUT2D eigenvalue weighted by molar-refractivity contribution is -0.0503. The first kappa shape index (κ1) is 20.0. The van der Waals surface area contributed by atoms with Crippen LogP contribution in [0.2, 0.25) is 0 Å². The van der Waals surface area contributed by atoms with E-state index in [9.17, 15) is 0 Å². The lowest BCUT2D eigenvalue weighted by atomic mass is 10.2. The van der Waals surface area contributed by atoms with Crippen molar-refractivity contribution in [1.29, 1.82) is 0 Å². The summed E-state index contributed by atoms with van der Waals surface area (Å²) in [5.41, 5.74) is -0.686. The smallest absolute Gasteiger partial charge is 0.450 e. The van der Waals surface area contributed by atoms with E-state index in [1.807, 2.05) is 62.3 Å². The highest BCUT2D eigenvalue weighted by molar-refractivity contribution is 6.36.